The molecule has 6 aromatic carbocycles. The van der Waals surface area contributed by atoms with Crippen molar-refractivity contribution in [2.24, 2.45) is 0 Å². The summed E-state index contributed by atoms with van der Waals surface area (Å²) in [6.07, 6.45) is 2.13. The van der Waals surface area contributed by atoms with Crippen molar-refractivity contribution in [2.45, 2.75) is 81.1 Å². The quantitative estimate of drug-likeness (QED) is 0.0595. The van der Waals surface area contributed by atoms with Crippen molar-refractivity contribution in [3.8, 4) is 34.1 Å². The summed E-state index contributed by atoms with van der Waals surface area (Å²) in [4.78, 5) is 0. The third kappa shape index (κ3) is 11.4. The van der Waals surface area contributed by atoms with Crippen molar-refractivity contribution in [2.75, 3.05) is 26.4 Å². The van der Waals surface area contributed by atoms with Gasteiger partial charge >= 0.3 is 16.8 Å². The number of aliphatic hydroxyl groups excluding tert-OH is 4. The lowest BCUT2D eigenvalue weighted by molar-refractivity contribution is 0.299. The average molecular weight is 875 g/mol. The van der Waals surface area contributed by atoms with Crippen LogP contribution in [-0.4, -0.2) is 46.9 Å². The molecule has 0 amide bonds. The average Bonchev–Trinajstić information content (AvgIpc) is 3.24. The molecule has 0 atom stereocenters. The summed E-state index contributed by atoms with van der Waals surface area (Å²) in [5.41, 5.74) is 14.5. The van der Waals surface area contributed by atoms with Crippen LogP contribution in [0.15, 0.2) is 97.1 Å². The number of aryl methyl sites for hydroxylation is 8. The third-order valence-electron chi connectivity index (χ3n) is 11.3. The predicted molar refractivity (Wildman–Crippen MR) is 254 cm³/mol. The molecule has 0 aromatic heterocycles. The van der Waals surface area contributed by atoms with E-state index in [9.17, 15) is 20.4 Å². The lowest BCUT2D eigenvalue weighted by atomic mass is 10.0. The molecule has 10 heteroatoms. The van der Waals surface area contributed by atoms with Gasteiger partial charge in [0.1, 0.15) is 23.0 Å². The van der Waals surface area contributed by atoms with Crippen molar-refractivity contribution >= 4 is 27.4 Å². The topological polar surface area (TPSA) is 118 Å². The first-order chi connectivity index (χ1) is 29.8. The highest BCUT2D eigenvalue weighted by atomic mass is 31.2. The minimum atomic E-state index is -1.65. The van der Waals surface area contributed by atoms with Gasteiger partial charge in [0.2, 0.25) is 0 Å². The van der Waals surface area contributed by atoms with Crippen molar-refractivity contribution in [3.63, 3.8) is 0 Å². The molecule has 0 aliphatic heterocycles. The maximum atomic E-state index is 9.75. The van der Waals surface area contributed by atoms with Crippen LogP contribution in [0.3, 0.4) is 0 Å². The Labute approximate surface area is 370 Å². The van der Waals surface area contributed by atoms with Crippen LogP contribution in [0.5, 0.6) is 23.0 Å². The van der Waals surface area contributed by atoms with Gasteiger partial charge in [-0.2, -0.15) is 0 Å². The lowest BCUT2D eigenvalue weighted by Gasteiger charge is -2.23. The van der Waals surface area contributed by atoms with Gasteiger partial charge in [0.25, 0.3) is 0 Å². The maximum Gasteiger partial charge on any atom is 0.326 e. The Morgan fingerprint density at radius 1 is 0.323 bits per heavy atom. The van der Waals surface area contributed by atoms with E-state index in [4.69, 9.17) is 18.1 Å². The molecule has 4 N–H and O–H groups in total. The molecule has 326 valence electrons. The molecule has 0 aliphatic rings. The molecule has 62 heavy (non-hydrogen) atoms. The van der Waals surface area contributed by atoms with Gasteiger partial charge in [0, 0.05) is 26.4 Å². The van der Waals surface area contributed by atoms with Crippen LogP contribution >= 0.6 is 16.8 Å². The standard InChI is InChI=1S/C52H60O8P2/c1-33-25-37(5)49(29-43(33)17-21-53)57-61(58-50-30-44(18-22-54)34(2)26-38(50)6)47-13-9-41(10-14-47)42-11-15-48(16-12-42)62(59-51-31-45(19-23-55)35(3)27-39(51)7)60-52-32-46(20-24-56)36(4)28-40(52)8/h9-16,25-32,53-56H,17-24H2,1-8H3. The van der Waals surface area contributed by atoms with Gasteiger partial charge in [-0.3, -0.25) is 0 Å². The van der Waals surface area contributed by atoms with E-state index in [0.29, 0.717) is 48.7 Å². The van der Waals surface area contributed by atoms with Gasteiger partial charge in [-0.1, -0.05) is 48.5 Å². The van der Waals surface area contributed by atoms with Crippen LogP contribution in [0.25, 0.3) is 11.1 Å². The molecule has 0 unspecified atom stereocenters. The third-order valence-corrected chi connectivity index (χ3v) is 14.2. The summed E-state index contributed by atoms with van der Waals surface area (Å²) in [6, 6.07) is 32.9. The molecule has 0 saturated carbocycles. The van der Waals surface area contributed by atoms with E-state index in [2.05, 4.69) is 72.8 Å². The summed E-state index contributed by atoms with van der Waals surface area (Å²) in [5.74, 6) is 2.84. The SMILES string of the molecule is Cc1cc(C)c(OP(Oc2cc(CCO)c(C)cc2C)c2ccc(-c3ccc(P(Oc4cc(CCO)c(C)cc4C)Oc4cc(CCO)c(C)cc4C)cc3)cc2)cc1CCO. The van der Waals surface area contributed by atoms with Crippen LogP contribution in [0.4, 0.5) is 0 Å². The van der Waals surface area contributed by atoms with E-state index >= 15 is 0 Å². The fourth-order valence-corrected chi connectivity index (χ4v) is 10.4. The summed E-state index contributed by atoms with van der Waals surface area (Å²) in [6.45, 7) is 16.5. The second-order valence-electron chi connectivity index (χ2n) is 16.0. The van der Waals surface area contributed by atoms with E-state index in [0.717, 1.165) is 88.5 Å². The number of rotatable bonds is 19. The Bertz CT molecular complexity index is 2170. The summed E-state index contributed by atoms with van der Waals surface area (Å²) >= 11 is 0. The minimum Gasteiger partial charge on any atom is -0.435 e. The Morgan fingerprint density at radius 3 is 0.758 bits per heavy atom. The van der Waals surface area contributed by atoms with E-state index < -0.39 is 16.8 Å². The molecule has 0 fully saturated rings. The Hall–Kier alpha value is -4.78. The van der Waals surface area contributed by atoms with Gasteiger partial charge in [-0.05, 0) is 207 Å². The number of aliphatic hydroxyl groups is 4. The highest BCUT2D eigenvalue weighted by Gasteiger charge is 2.24. The van der Waals surface area contributed by atoms with E-state index in [-0.39, 0.29) is 26.4 Å². The fraction of sp³-hybridized carbons (Fsp3) is 0.308. The molecule has 0 spiro atoms. The molecular weight excluding hydrogens is 815 g/mol. The Balaban J connectivity index is 1.33. The molecule has 8 nitrogen and oxygen atoms in total. The van der Waals surface area contributed by atoms with Crippen LogP contribution < -0.4 is 28.7 Å². The van der Waals surface area contributed by atoms with Crippen LogP contribution in [0, 0.1) is 55.4 Å². The first-order valence-electron chi connectivity index (χ1n) is 21.2. The van der Waals surface area contributed by atoms with Crippen LogP contribution in [0.2, 0.25) is 0 Å². The highest BCUT2D eigenvalue weighted by molar-refractivity contribution is 7.57. The van der Waals surface area contributed by atoms with Crippen LogP contribution in [0.1, 0.15) is 66.8 Å². The monoisotopic (exact) mass is 874 g/mol. The summed E-state index contributed by atoms with van der Waals surface area (Å²) in [7, 11) is -3.30. The van der Waals surface area contributed by atoms with Crippen molar-refractivity contribution < 1.29 is 38.5 Å². The molecule has 6 rings (SSSR count). The highest BCUT2D eigenvalue weighted by Crippen LogP contribution is 2.45. The van der Waals surface area contributed by atoms with Crippen LogP contribution in [-0.2, 0) is 25.7 Å². The summed E-state index contributed by atoms with van der Waals surface area (Å²) in [5, 5.41) is 40.8. The lowest BCUT2D eigenvalue weighted by Crippen LogP contribution is -2.12. The van der Waals surface area contributed by atoms with E-state index in [1.54, 1.807) is 0 Å². The minimum absolute atomic E-state index is 0.0479. The maximum absolute atomic E-state index is 9.75. The van der Waals surface area contributed by atoms with Crippen molar-refractivity contribution in [1.29, 1.82) is 0 Å². The van der Waals surface area contributed by atoms with Gasteiger partial charge in [0.15, 0.2) is 0 Å². The summed E-state index contributed by atoms with van der Waals surface area (Å²) < 4.78 is 27.1. The zero-order chi connectivity index (χ0) is 44.5. The van der Waals surface area contributed by atoms with Gasteiger partial charge in [0.05, 0.1) is 10.6 Å². The number of hydrogen-bond donors (Lipinski definition) is 4. The first kappa shape index (κ1) is 46.7. The molecule has 6 aromatic rings. The second-order valence-corrected chi connectivity index (χ2v) is 18.8. The van der Waals surface area contributed by atoms with Gasteiger partial charge in [-0.25, -0.2) is 0 Å². The molecule has 0 bridgehead atoms. The number of hydrogen-bond acceptors (Lipinski definition) is 8. The zero-order valence-corrected chi connectivity index (χ0v) is 39.0. The predicted octanol–water partition coefficient (Wildman–Crippen LogP) is 10.2. The Morgan fingerprint density at radius 2 is 0.548 bits per heavy atom. The number of benzene rings is 6. The molecule has 0 saturated heterocycles. The van der Waals surface area contributed by atoms with Crippen molar-refractivity contribution in [3.05, 3.63) is 164 Å². The molecular formula is C52H60O8P2. The fourth-order valence-electron chi connectivity index (χ4n) is 7.61. The largest absolute Gasteiger partial charge is 0.435 e. The van der Waals surface area contributed by atoms with Gasteiger partial charge < -0.3 is 38.5 Å². The Kier molecular flexibility index (Phi) is 16.2. The normalized spacial score (nSPS) is 11.4. The van der Waals surface area contributed by atoms with E-state index in [1.165, 1.54) is 0 Å². The smallest absolute Gasteiger partial charge is 0.326 e. The van der Waals surface area contributed by atoms with Gasteiger partial charge in [-0.15, -0.1) is 0 Å². The molecule has 0 aliphatic carbocycles. The van der Waals surface area contributed by atoms with Crippen molar-refractivity contribution in [1.82, 2.24) is 0 Å². The first-order valence-corrected chi connectivity index (χ1v) is 23.5. The second kappa shape index (κ2) is 21.5. The van der Waals surface area contributed by atoms with E-state index in [1.807, 2.05) is 79.7 Å². The molecule has 0 heterocycles. The zero-order valence-electron chi connectivity index (χ0n) is 37.2. The molecule has 0 radical (unpaired) electrons.